The van der Waals surface area contributed by atoms with Crippen LogP contribution in [-0.4, -0.2) is 35.8 Å². The molecule has 0 aromatic carbocycles. The van der Waals surface area contributed by atoms with Gasteiger partial charge in [-0.3, -0.25) is 14.3 Å². The van der Waals surface area contributed by atoms with Crippen LogP contribution in [0, 0.1) is 18.3 Å². The first-order valence-electron chi connectivity index (χ1n) is 9.81. The molecule has 0 bridgehead atoms. The van der Waals surface area contributed by atoms with Crippen LogP contribution in [0.5, 0.6) is 0 Å². The van der Waals surface area contributed by atoms with Crippen molar-refractivity contribution in [2.24, 2.45) is 0 Å². The van der Waals surface area contributed by atoms with Crippen LogP contribution < -0.4 is 5.32 Å². The van der Waals surface area contributed by atoms with E-state index in [1.54, 1.807) is 35.9 Å². The number of aryl methyl sites for hydroxylation is 1. The first-order valence-corrected chi connectivity index (χ1v) is 10.7. The van der Waals surface area contributed by atoms with Gasteiger partial charge in [-0.15, -0.1) is 11.3 Å². The Kier molecular flexibility index (Phi) is 4.86. The molecule has 150 valence electrons. The Labute approximate surface area is 177 Å². The SMILES string of the molecule is Cc1nc2sccn2c1CN1CCC[C@H]1c1cnc(Nc2ccc(C#N)nc2)cn1. The van der Waals surface area contributed by atoms with E-state index in [4.69, 9.17) is 5.26 Å². The van der Waals surface area contributed by atoms with E-state index < -0.39 is 0 Å². The summed E-state index contributed by atoms with van der Waals surface area (Å²) in [6.45, 7) is 3.98. The minimum absolute atomic E-state index is 0.256. The molecule has 0 aliphatic carbocycles. The maximum atomic E-state index is 8.85. The van der Waals surface area contributed by atoms with Crippen molar-refractivity contribution >= 4 is 27.8 Å². The summed E-state index contributed by atoms with van der Waals surface area (Å²) in [6, 6.07) is 5.74. The lowest BCUT2D eigenvalue weighted by Gasteiger charge is -2.24. The molecule has 1 aliphatic rings. The Bertz CT molecular complexity index is 1200. The lowest BCUT2D eigenvalue weighted by Crippen LogP contribution is -2.24. The molecule has 0 saturated carbocycles. The van der Waals surface area contributed by atoms with Crippen molar-refractivity contribution in [2.45, 2.75) is 32.4 Å². The second kappa shape index (κ2) is 7.82. The number of fused-ring (bicyclic) bond motifs is 1. The molecule has 0 unspecified atom stereocenters. The van der Waals surface area contributed by atoms with Crippen LogP contribution in [0.1, 0.15) is 41.7 Å². The molecule has 1 aliphatic heterocycles. The van der Waals surface area contributed by atoms with Crippen molar-refractivity contribution in [1.29, 1.82) is 5.26 Å². The molecule has 0 amide bonds. The van der Waals surface area contributed by atoms with Crippen LogP contribution in [0.2, 0.25) is 0 Å². The topological polar surface area (TPSA) is 95.0 Å². The lowest BCUT2D eigenvalue weighted by molar-refractivity contribution is 0.240. The van der Waals surface area contributed by atoms with Gasteiger partial charge in [0.1, 0.15) is 17.6 Å². The number of aromatic nitrogens is 5. The van der Waals surface area contributed by atoms with Gasteiger partial charge in [0.15, 0.2) is 4.96 Å². The molecule has 9 heteroatoms. The van der Waals surface area contributed by atoms with Crippen molar-refractivity contribution in [1.82, 2.24) is 29.2 Å². The highest BCUT2D eigenvalue weighted by Crippen LogP contribution is 2.33. The smallest absolute Gasteiger partial charge is 0.194 e. The number of thiazole rings is 1. The number of pyridine rings is 1. The van der Waals surface area contributed by atoms with Gasteiger partial charge in [0.25, 0.3) is 0 Å². The Morgan fingerprint density at radius 3 is 2.93 bits per heavy atom. The molecule has 1 N–H and O–H groups in total. The molecular weight excluding hydrogens is 396 g/mol. The summed E-state index contributed by atoms with van der Waals surface area (Å²) in [6.07, 6.45) is 9.54. The number of hydrogen-bond donors (Lipinski definition) is 1. The summed E-state index contributed by atoms with van der Waals surface area (Å²) in [5, 5.41) is 14.1. The van der Waals surface area contributed by atoms with E-state index in [-0.39, 0.29) is 6.04 Å². The van der Waals surface area contributed by atoms with Crippen molar-refractivity contribution < 1.29 is 0 Å². The summed E-state index contributed by atoms with van der Waals surface area (Å²) in [7, 11) is 0. The predicted octanol–water partition coefficient (Wildman–Crippen LogP) is 3.84. The van der Waals surface area contributed by atoms with Gasteiger partial charge >= 0.3 is 0 Å². The van der Waals surface area contributed by atoms with Gasteiger partial charge in [-0.25, -0.2) is 15.0 Å². The zero-order valence-electron chi connectivity index (χ0n) is 16.5. The summed E-state index contributed by atoms with van der Waals surface area (Å²) in [4.78, 5) is 21.5. The fourth-order valence-electron chi connectivity index (χ4n) is 3.93. The standard InChI is InChI=1S/C21H20N8S/c1-14-19(29-7-8-30-21(29)26-14)13-28-6-2-3-18(28)17-11-25-20(12-24-17)27-16-5-4-15(9-22)23-10-16/h4-5,7-8,10-12,18H,2-3,6,13H2,1H3,(H,25,27)/t18-/m0/s1. The van der Waals surface area contributed by atoms with Gasteiger partial charge < -0.3 is 5.32 Å². The van der Waals surface area contributed by atoms with E-state index in [9.17, 15) is 0 Å². The molecule has 0 radical (unpaired) electrons. The fourth-order valence-corrected chi connectivity index (χ4v) is 4.71. The van der Waals surface area contributed by atoms with Crippen LogP contribution in [-0.2, 0) is 6.54 Å². The van der Waals surface area contributed by atoms with Crippen LogP contribution >= 0.6 is 11.3 Å². The molecule has 1 fully saturated rings. The molecule has 30 heavy (non-hydrogen) atoms. The Hall–Kier alpha value is -3.35. The molecular formula is C21H20N8S. The summed E-state index contributed by atoms with van der Waals surface area (Å²) < 4.78 is 2.19. The maximum absolute atomic E-state index is 8.85. The number of nitriles is 1. The maximum Gasteiger partial charge on any atom is 0.194 e. The van der Waals surface area contributed by atoms with Crippen LogP contribution in [0.25, 0.3) is 4.96 Å². The van der Waals surface area contributed by atoms with Crippen LogP contribution in [0.15, 0.2) is 42.3 Å². The van der Waals surface area contributed by atoms with E-state index in [0.29, 0.717) is 11.5 Å². The molecule has 5 heterocycles. The van der Waals surface area contributed by atoms with Gasteiger partial charge in [0, 0.05) is 18.1 Å². The number of likely N-dealkylation sites (tertiary alicyclic amines) is 1. The quantitative estimate of drug-likeness (QED) is 0.528. The third kappa shape index (κ3) is 3.51. The number of anilines is 2. The summed E-state index contributed by atoms with van der Waals surface area (Å²) in [5.41, 5.74) is 4.48. The summed E-state index contributed by atoms with van der Waals surface area (Å²) in [5.74, 6) is 0.654. The number of hydrogen-bond acceptors (Lipinski definition) is 8. The van der Waals surface area contributed by atoms with Crippen molar-refractivity contribution in [3.8, 4) is 6.07 Å². The highest BCUT2D eigenvalue weighted by atomic mass is 32.1. The molecule has 4 aromatic heterocycles. The molecule has 5 rings (SSSR count). The number of nitrogens with one attached hydrogen (secondary N) is 1. The first kappa shape index (κ1) is 18.7. The lowest BCUT2D eigenvalue weighted by atomic mass is 10.1. The average Bonchev–Trinajstić information content (AvgIpc) is 3.48. The van der Waals surface area contributed by atoms with Gasteiger partial charge in [-0.05, 0) is 38.4 Å². The highest BCUT2D eigenvalue weighted by Gasteiger charge is 2.28. The zero-order chi connectivity index (χ0) is 20.5. The first-order chi connectivity index (χ1) is 14.7. The third-order valence-corrected chi connectivity index (χ3v) is 6.20. The predicted molar refractivity (Wildman–Crippen MR) is 114 cm³/mol. The normalized spacial score (nSPS) is 16.7. The molecule has 0 spiro atoms. The molecule has 8 nitrogen and oxygen atoms in total. The van der Waals surface area contributed by atoms with E-state index in [1.807, 2.05) is 12.3 Å². The Morgan fingerprint density at radius 1 is 1.23 bits per heavy atom. The van der Waals surface area contributed by atoms with Crippen LogP contribution in [0.4, 0.5) is 11.5 Å². The van der Waals surface area contributed by atoms with Gasteiger partial charge in [-0.1, -0.05) is 0 Å². The second-order valence-electron chi connectivity index (χ2n) is 7.32. The van der Waals surface area contributed by atoms with E-state index in [1.165, 1.54) is 5.69 Å². The highest BCUT2D eigenvalue weighted by molar-refractivity contribution is 7.15. The van der Waals surface area contributed by atoms with Crippen molar-refractivity contribution in [2.75, 3.05) is 11.9 Å². The number of nitrogens with zero attached hydrogens (tertiary/aromatic N) is 7. The van der Waals surface area contributed by atoms with E-state index >= 15 is 0 Å². The van der Waals surface area contributed by atoms with Gasteiger partial charge in [0.2, 0.25) is 0 Å². The largest absolute Gasteiger partial charge is 0.338 e. The van der Waals surface area contributed by atoms with Crippen LogP contribution in [0.3, 0.4) is 0 Å². The molecule has 1 atom stereocenters. The van der Waals surface area contributed by atoms with Crippen molar-refractivity contribution in [3.63, 3.8) is 0 Å². The van der Waals surface area contributed by atoms with Gasteiger partial charge in [0.05, 0.1) is 47.4 Å². The zero-order valence-corrected chi connectivity index (χ0v) is 17.3. The molecule has 1 saturated heterocycles. The van der Waals surface area contributed by atoms with E-state index in [2.05, 4.69) is 53.1 Å². The second-order valence-corrected chi connectivity index (χ2v) is 8.20. The van der Waals surface area contributed by atoms with Gasteiger partial charge in [-0.2, -0.15) is 5.26 Å². The number of imidazole rings is 1. The third-order valence-electron chi connectivity index (χ3n) is 5.44. The Balaban J connectivity index is 1.31. The number of rotatable bonds is 5. The minimum Gasteiger partial charge on any atom is -0.338 e. The average molecular weight is 417 g/mol. The summed E-state index contributed by atoms with van der Waals surface area (Å²) >= 11 is 1.67. The minimum atomic E-state index is 0.256. The Morgan fingerprint density at radius 2 is 2.17 bits per heavy atom. The molecule has 4 aromatic rings. The monoisotopic (exact) mass is 416 g/mol. The van der Waals surface area contributed by atoms with E-state index in [0.717, 1.165) is 48.0 Å². The van der Waals surface area contributed by atoms with Crippen molar-refractivity contribution in [3.05, 3.63) is 65.1 Å². The fraction of sp³-hybridized carbons (Fsp3) is 0.286.